The van der Waals surface area contributed by atoms with Gasteiger partial charge < -0.3 is 14.5 Å². The van der Waals surface area contributed by atoms with Crippen molar-refractivity contribution in [3.63, 3.8) is 0 Å². The lowest BCUT2D eigenvalue weighted by atomic mass is 9.95. The Balaban J connectivity index is 1.39. The summed E-state index contributed by atoms with van der Waals surface area (Å²) in [5.74, 6) is 1.03. The van der Waals surface area contributed by atoms with Crippen LogP contribution in [0, 0.1) is 10.1 Å². The second-order valence-electron chi connectivity index (χ2n) is 7.64. The van der Waals surface area contributed by atoms with Crippen molar-refractivity contribution in [1.82, 2.24) is 9.88 Å². The maximum absolute atomic E-state index is 12.8. The van der Waals surface area contributed by atoms with Gasteiger partial charge in [0.1, 0.15) is 17.0 Å². The Hall–Kier alpha value is -3.46. The lowest BCUT2D eigenvalue weighted by Gasteiger charge is -2.34. The fourth-order valence-corrected chi connectivity index (χ4v) is 3.90. The molecule has 9 nitrogen and oxygen atoms in total. The Kier molecular flexibility index (Phi) is 5.85. The first-order valence-electron chi connectivity index (χ1n) is 10.2. The number of piperidine rings is 1. The Morgan fingerprint density at radius 1 is 1.29 bits per heavy atom. The number of carbonyl (C=O) groups is 1. The van der Waals surface area contributed by atoms with Crippen molar-refractivity contribution in [2.24, 2.45) is 0 Å². The molecule has 1 atom stereocenters. The predicted molar refractivity (Wildman–Crippen MR) is 115 cm³/mol. The van der Waals surface area contributed by atoms with E-state index in [0.717, 1.165) is 29.8 Å². The monoisotopic (exact) mass is 424 g/mol. The van der Waals surface area contributed by atoms with E-state index in [1.807, 2.05) is 31.2 Å². The number of likely N-dealkylation sites (tertiary alicyclic amines) is 1. The topological polar surface area (TPSA) is 111 Å². The summed E-state index contributed by atoms with van der Waals surface area (Å²) in [5, 5.41) is 14.0. The SMILES string of the molecule is COc1ccc(NC(=O)C(C)N2CCC(c3nc4ccccc4o3)CC2)c([N+](=O)[O-])c1. The van der Waals surface area contributed by atoms with Crippen LogP contribution in [-0.4, -0.2) is 47.0 Å². The number of methoxy groups -OCH3 is 1. The fourth-order valence-electron chi connectivity index (χ4n) is 3.90. The van der Waals surface area contributed by atoms with Crippen LogP contribution >= 0.6 is 0 Å². The summed E-state index contributed by atoms with van der Waals surface area (Å²) in [7, 11) is 1.43. The van der Waals surface area contributed by atoms with Gasteiger partial charge in [-0.2, -0.15) is 0 Å². The second-order valence-corrected chi connectivity index (χ2v) is 7.64. The van der Waals surface area contributed by atoms with Crippen LogP contribution in [0.2, 0.25) is 0 Å². The summed E-state index contributed by atoms with van der Waals surface area (Å²) in [6.07, 6.45) is 1.65. The van der Waals surface area contributed by atoms with Gasteiger partial charge >= 0.3 is 0 Å². The fraction of sp³-hybridized carbons (Fsp3) is 0.364. The number of oxazole rings is 1. The van der Waals surface area contributed by atoms with Gasteiger partial charge in [-0.1, -0.05) is 12.1 Å². The lowest BCUT2D eigenvalue weighted by molar-refractivity contribution is -0.384. The first-order valence-corrected chi connectivity index (χ1v) is 10.2. The molecule has 1 saturated heterocycles. The van der Waals surface area contributed by atoms with Gasteiger partial charge in [0.2, 0.25) is 5.91 Å². The number of nitrogens with zero attached hydrogens (tertiary/aromatic N) is 3. The van der Waals surface area contributed by atoms with E-state index in [9.17, 15) is 14.9 Å². The van der Waals surface area contributed by atoms with Crippen LogP contribution in [0.1, 0.15) is 31.6 Å². The number of fused-ring (bicyclic) bond motifs is 1. The second kappa shape index (κ2) is 8.73. The van der Waals surface area contributed by atoms with Gasteiger partial charge in [-0.25, -0.2) is 4.98 Å². The average Bonchev–Trinajstić information content (AvgIpc) is 3.23. The highest BCUT2D eigenvalue weighted by Gasteiger charge is 2.30. The zero-order valence-corrected chi connectivity index (χ0v) is 17.4. The van der Waals surface area contributed by atoms with Crippen LogP contribution in [0.25, 0.3) is 11.1 Å². The number of amides is 1. The average molecular weight is 424 g/mol. The summed E-state index contributed by atoms with van der Waals surface area (Å²) in [4.78, 5) is 30.3. The normalized spacial score (nSPS) is 16.2. The van der Waals surface area contributed by atoms with E-state index in [-0.39, 0.29) is 23.2 Å². The number of nitro groups is 1. The van der Waals surface area contributed by atoms with E-state index >= 15 is 0 Å². The molecule has 1 N–H and O–H groups in total. The molecule has 2 aromatic carbocycles. The molecular formula is C22H24N4O5. The van der Waals surface area contributed by atoms with Crippen LogP contribution in [0.5, 0.6) is 5.75 Å². The minimum absolute atomic E-state index is 0.156. The molecule has 0 saturated carbocycles. The van der Waals surface area contributed by atoms with Crippen molar-refractivity contribution < 1.29 is 18.9 Å². The third-order valence-electron chi connectivity index (χ3n) is 5.78. The number of nitro benzene ring substituents is 1. The van der Waals surface area contributed by atoms with Crippen molar-refractivity contribution >= 4 is 28.4 Å². The molecule has 1 aromatic heterocycles. The van der Waals surface area contributed by atoms with E-state index in [0.29, 0.717) is 18.8 Å². The Morgan fingerprint density at radius 3 is 2.71 bits per heavy atom. The summed E-state index contributed by atoms with van der Waals surface area (Å²) in [6.45, 7) is 3.23. The first-order chi connectivity index (χ1) is 15.0. The molecular weight excluding hydrogens is 400 g/mol. The van der Waals surface area contributed by atoms with Crippen molar-refractivity contribution in [2.45, 2.75) is 31.7 Å². The number of aromatic nitrogens is 1. The molecule has 1 amide bonds. The number of hydrogen-bond donors (Lipinski definition) is 1. The number of ether oxygens (including phenoxy) is 1. The molecule has 1 aliphatic heterocycles. The molecule has 3 aromatic rings. The summed E-state index contributed by atoms with van der Waals surface area (Å²) in [5.41, 5.74) is 1.60. The minimum atomic E-state index is -0.533. The van der Waals surface area contributed by atoms with Crippen molar-refractivity contribution in [1.29, 1.82) is 0 Å². The number of rotatable bonds is 6. The lowest BCUT2D eigenvalue weighted by Crippen LogP contribution is -2.45. The van der Waals surface area contributed by atoms with Gasteiger partial charge in [0, 0.05) is 5.92 Å². The van der Waals surface area contributed by atoms with Crippen LogP contribution < -0.4 is 10.1 Å². The Bertz CT molecular complexity index is 1070. The van der Waals surface area contributed by atoms with Crippen LogP contribution in [0.3, 0.4) is 0 Å². The van der Waals surface area contributed by atoms with Crippen molar-refractivity contribution in [3.05, 3.63) is 58.5 Å². The first kappa shape index (κ1) is 20.8. The highest BCUT2D eigenvalue weighted by atomic mass is 16.6. The van der Waals surface area contributed by atoms with Crippen molar-refractivity contribution in [2.75, 3.05) is 25.5 Å². The molecule has 31 heavy (non-hydrogen) atoms. The number of carbonyl (C=O) groups excluding carboxylic acids is 1. The number of anilines is 1. The quantitative estimate of drug-likeness (QED) is 0.471. The van der Waals surface area contributed by atoms with E-state index in [1.165, 1.54) is 19.2 Å². The highest BCUT2D eigenvalue weighted by Crippen LogP contribution is 2.32. The van der Waals surface area contributed by atoms with Gasteiger partial charge in [0.05, 0.1) is 24.1 Å². The van der Waals surface area contributed by atoms with Crippen molar-refractivity contribution in [3.8, 4) is 5.75 Å². The summed E-state index contributed by atoms with van der Waals surface area (Å²) >= 11 is 0. The molecule has 162 valence electrons. The predicted octanol–water partition coefficient (Wildman–Crippen LogP) is 3.95. The molecule has 0 bridgehead atoms. The number of para-hydroxylation sites is 2. The van der Waals surface area contributed by atoms with Crippen LogP contribution in [-0.2, 0) is 4.79 Å². The largest absolute Gasteiger partial charge is 0.496 e. The van der Waals surface area contributed by atoms with E-state index in [1.54, 1.807) is 6.07 Å². The summed E-state index contributed by atoms with van der Waals surface area (Å²) < 4.78 is 10.9. The third kappa shape index (κ3) is 4.36. The molecule has 0 aliphatic carbocycles. The molecule has 9 heteroatoms. The number of hydrogen-bond acceptors (Lipinski definition) is 7. The Morgan fingerprint density at radius 2 is 2.03 bits per heavy atom. The molecule has 1 unspecified atom stereocenters. The molecule has 1 aliphatic rings. The molecule has 2 heterocycles. The van der Waals surface area contributed by atoms with Gasteiger partial charge in [-0.15, -0.1) is 0 Å². The zero-order chi connectivity index (χ0) is 22.0. The molecule has 0 radical (unpaired) electrons. The van der Waals surface area contributed by atoms with Gasteiger partial charge in [0.15, 0.2) is 11.5 Å². The molecule has 0 spiro atoms. The minimum Gasteiger partial charge on any atom is -0.496 e. The maximum Gasteiger partial charge on any atom is 0.296 e. The standard InChI is InChI=1S/C22H24N4O5/c1-14(21(27)23-17-8-7-16(30-2)13-19(17)26(28)29)25-11-9-15(10-12-25)22-24-18-5-3-4-6-20(18)31-22/h3-8,13-15H,9-12H2,1-2H3,(H,23,27). The van der Waals surface area contributed by atoms with Gasteiger partial charge in [-0.3, -0.25) is 19.8 Å². The van der Waals surface area contributed by atoms with Crippen LogP contribution in [0.15, 0.2) is 46.9 Å². The number of benzene rings is 2. The smallest absolute Gasteiger partial charge is 0.296 e. The van der Waals surface area contributed by atoms with E-state index in [4.69, 9.17) is 9.15 Å². The summed E-state index contributed by atoms with van der Waals surface area (Å²) in [6, 6.07) is 11.6. The van der Waals surface area contributed by atoms with Crippen LogP contribution in [0.4, 0.5) is 11.4 Å². The van der Waals surface area contributed by atoms with E-state index in [2.05, 4.69) is 15.2 Å². The van der Waals surface area contributed by atoms with Gasteiger partial charge in [0.25, 0.3) is 5.69 Å². The maximum atomic E-state index is 12.8. The van der Waals surface area contributed by atoms with E-state index < -0.39 is 11.0 Å². The Labute approximate surface area is 179 Å². The third-order valence-corrected chi connectivity index (χ3v) is 5.78. The number of nitrogens with one attached hydrogen (secondary N) is 1. The van der Waals surface area contributed by atoms with Gasteiger partial charge in [-0.05, 0) is 57.1 Å². The zero-order valence-electron chi connectivity index (χ0n) is 17.4. The molecule has 1 fully saturated rings. The molecule has 4 rings (SSSR count). The highest BCUT2D eigenvalue weighted by molar-refractivity contribution is 5.96.